The van der Waals surface area contributed by atoms with Gasteiger partial charge in [0.05, 0.1) is 18.8 Å². The van der Waals surface area contributed by atoms with E-state index in [1.165, 1.54) is 12.8 Å². The van der Waals surface area contributed by atoms with Crippen molar-refractivity contribution in [2.45, 2.75) is 44.8 Å². The molecule has 1 aromatic carbocycles. The Kier molecular flexibility index (Phi) is 3.69. The summed E-state index contributed by atoms with van der Waals surface area (Å²) in [6.07, 6.45) is 2.50. The molecule has 110 valence electrons. The zero-order valence-electron chi connectivity index (χ0n) is 12.3. The van der Waals surface area contributed by atoms with Crippen molar-refractivity contribution >= 4 is 5.69 Å². The number of hydrogen-bond acceptors (Lipinski definition) is 3. The zero-order valence-corrected chi connectivity index (χ0v) is 12.3. The summed E-state index contributed by atoms with van der Waals surface area (Å²) in [4.78, 5) is 2.25. The van der Waals surface area contributed by atoms with Crippen LogP contribution in [0.1, 0.15) is 32.3 Å². The van der Waals surface area contributed by atoms with Gasteiger partial charge in [0, 0.05) is 24.8 Å². The fraction of sp³-hybridized carbons (Fsp3) is 0.625. The molecule has 1 aliphatic heterocycles. The van der Waals surface area contributed by atoms with E-state index in [4.69, 9.17) is 4.74 Å². The highest BCUT2D eigenvalue weighted by Gasteiger charge is 2.31. The van der Waals surface area contributed by atoms with Crippen LogP contribution >= 0.6 is 0 Å². The third-order valence-electron chi connectivity index (χ3n) is 4.07. The SMILES string of the molecule is CC1(C)COCCN1c1cc(F)cc(CNC2CC2)c1. The minimum Gasteiger partial charge on any atom is -0.377 e. The molecule has 1 saturated carbocycles. The average molecular weight is 278 g/mol. The highest BCUT2D eigenvalue weighted by molar-refractivity contribution is 5.51. The summed E-state index contributed by atoms with van der Waals surface area (Å²) >= 11 is 0. The largest absolute Gasteiger partial charge is 0.377 e. The van der Waals surface area contributed by atoms with E-state index >= 15 is 0 Å². The normalized spacial score (nSPS) is 22.1. The van der Waals surface area contributed by atoms with Crippen LogP contribution in [0.4, 0.5) is 10.1 Å². The number of anilines is 1. The molecule has 1 heterocycles. The lowest BCUT2D eigenvalue weighted by atomic mass is 10.0. The quantitative estimate of drug-likeness (QED) is 0.916. The van der Waals surface area contributed by atoms with E-state index < -0.39 is 0 Å². The first-order valence-electron chi connectivity index (χ1n) is 7.43. The van der Waals surface area contributed by atoms with E-state index in [1.54, 1.807) is 12.1 Å². The maximum absolute atomic E-state index is 13.9. The zero-order chi connectivity index (χ0) is 14.2. The van der Waals surface area contributed by atoms with Crippen molar-refractivity contribution in [2.24, 2.45) is 0 Å². The summed E-state index contributed by atoms with van der Waals surface area (Å²) in [5.41, 5.74) is 1.90. The molecule has 0 unspecified atom stereocenters. The first-order chi connectivity index (χ1) is 9.54. The number of hydrogen-bond donors (Lipinski definition) is 1. The molecule has 1 aliphatic carbocycles. The summed E-state index contributed by atoms with van der Waals surface area (Å²) in [5.74, 6) is -0.155. The summed E-state index contributed by atoms with van der Waals surface area (Å²) < 4.78 is 19.4. The molecule has 0 atom stereocenters. The predicted molar refractivity (Wildman–Crippen MR) is 78.5 cm³/mol. The van der Waals surface area contributed by atoms with Gasteiger partial charge in [0.15, 0.2) is 0 Å². The second-order valence-electron chi connectivity index (χ2n) is 6.49. The van der Waals surface area contributed by atoms with Crippen LogP contribution in [0, 0.1) is 5.82 Å². The van der Waals surface area contributed by atoms with Gasteiger partial charge in [-0.1, -0.05) is 0 Å². The molecule has 0 amide bonds. The average Bonchev–Trinajstić information content (AvgIpc) is 3.19. The molecule has 0 bridgehead atoms. The van der Waals surface area contributed by atoms with E-state index in [-0.39, 0.29) is 11.4 Å². The Labute approximate surface area is 120 Å². The molecule has 3 nitrogen and oxygen atoms in total. The summed E-state index contributed by atoms with van der Waals surface area (Å²) in [6.45, 7) is 7.22. The van der Waals surface area contributed by atoms with Gasteiger partial charge in [-0.3, -0.25) is 0 Å². The third-order valence-corrected chi connectivity index (χ3v) is 4.07. The van der Waals surface area contributed by atoms with Crippen LogP contribution in [-0.2, 0) is 11.3 Å². The molecular formula is C16H23FN2O. The van der Waals surface area contributed by atoms with Gasteiger partial charge in [-0.05, 0) is 50.5 Å². The van der Waals surface area contributed by atoms with E-state index in [0.717, 1.165) is 24.3 Å². The molecule has 1 saturated heterocycles. The van der Waals surface area contributed by atoms with Gasteiger partial charge in [-0.25, -0.2) is 4.39 Å². The van der Waals surface area contributed by atoms with Crippen LogP contribution in [0.3, 0.4) is 0 Å². The Bertz CT molecular complexity index is 485. The number of ether oxygens (including phenoxy) is 1. The van der Waals surface area contributed by atoms with E-state index in [1.807, 2.05) is 0 Å². The topological polar surface area (TPSA) is 24.5 Å². The monoisotopic (exact) mass is 278 g/mol. The Morgan fingerprint density at radius 3 is 2.85 bits per heavy atom. The molecule has 20 heavy (non-hydrogen) atoms. The van der Waals surface area contributed by atoms with Crippen molar-refractivity contribution in [3.63, 3.8) is 0 Å². The lowest BCUT2D eigenvalue weighted by molar-refractivity contribution is 0.0643. The van der Waals surface area contributed by atoms with Crippen molar-refractivity contribution in [3.05, 3.63) is 29.6 Å². The van der Waals surface area contributed by atoms with Gasteiger partial charge in [0.1, 0.15) is 5.82 Å². The Balaban J connectivity index is 1.80. The number of rotatable bonds is 4. The molecule has 0 radical (unpaired) electrons. The molecule has 0 spiro atoms. The van der Waals surface area contributed by atoms with Gasteiger partial charge in [-0.15, -0.1) is 0 Å². The Hall–Kier alpha value is -1.13. The highest BCUT2D eigenvalue weighted by Crippen LogP contribution is 2.29. The van der Waals surface area contributed by atoms with Crippen LogP contribution < -0.4 is 10.2 Å². The Morgan fingerprint density at radius 1 is 1.35 bits per heavy atom. The molecule has 2 fully saturated rings. The second kappa shape index (κ2) is 5.34. The van der Waals surface area contributed by atoms with Crippen molar-refractivity contribution in [3.8, 4) is 0 Å². The molecule has 2 aliphatic rings. The van der Waals surface area contributed by atoms with E-state index in [9.17, 15) is 4.39 Å². The van der Waals surface area contributed by atoms with Gasteiger partial charge >= 0.3 is 0 Å². The lowest BCUT2D eigenvalue weighted by Crippen LogP contribution is -2.53. The lowest BCUT2D eigenvalue weighted by Gasteiger charge is -2.44. The maximum atomic E-state index is 13.9. The summed E-state index contributed by atoms with van der Waals surface area (Å²) in [7, 11) is 0. The summed E-state index contributed by atoms with van der Waals surface area (Å²) in [5, 5.41) is 3.44. The van der Waals surface area contributed by atoms with Gasteiger partial charge in [-0.2, -0.15) is 0 Å². The maximum Gasteiger partial charge on any atom is 0.125 e. The number of benzene rings is 1. The van der Waals surface area contributed by atoms with E-state index in [0.29, 0.717) is 19.3 Å². The van der Waals surface area contributed by atoms with Gasteiger partial charge < -0.3 is 15.0 Å². The summed E-state index contributed by atoms with van der Waals surface area (Å²) in [6, 6.07) is 6.01. The smallest absolute Gasteiger partial charge is 0.125 e. The fourth-order valence-electron chi connectivity index (χ4n) is 2.78. The van der Waals surface area contributed by atoms with Crippen LogP contribution in [-0.4, -0.2) is 31.3 Å². The minimum atomic E-state index is -0.155. The standard InChI is InChI=1S/C16H23FN2O/c1-16(2)11-20-6-5-19(16)15-8-12(7-13(17)9-15)10-18-14-3-4-14/h7-9,14,18H,3-6,10-11H2,1-2H3. The van der Waals surface area contributed by atoms with Crippen LogP contribution in [0.2, 0.25) is 0 Å². The van der Waals surface area contributed by atoms with Crippen LogP contribution in [0.15, 0.2) is 18.2 Å². The molecular weight excluding hydrogens is 255 g/mol. The number of nitrogens with one attached hydrogen (secondary N) is 1. The van der Waals surface area contributed by atoms with Crippen molar-refractivity contribution in [1.82, 2.24) is 5.32 Å². The van der Waals surface area contributed by atoms with E-state index in [2.05, 4.69) is 30.1 Å². The fourth-order valence-corrected chi connectivity index (χ4v) is 2.78. The van der Waals surface area contributed by atoms with Gasteiger partial charge in [0.25, 0.3) is 0 Å². The minimum absolute atomic E-state index is 0.0900. The van der Waals surface area contributed by atoms with Crippen LogP contribution in [0.25, 0.3) is 0 Å². The molecule has 4 heteroatoms. The van der Waals surface area contributed by atoms with Crippen molar-refractivity contribution in [2.75, 3.05) is 24.7 Å². The Morgan fingerprint density at radius 2 is 2.15 bits per heavy atom. The number of halogens is 1. The first-order valence-corrected chi connectivity index (χ1v) is 7.43. The van der Waals surface area contributed by atoms with Crippen molar-refractivity contribution in [1.29, 1.82) is 0 Å². The third kappa shape index (κ3) is 3.13. The van der Waals surface area contributed by atoms with Crippen LogP contribution in [0.5, 0.6) is 0 Å². The number of morpholine rings is 1. The second-order valence-corrected chi connectivity index (χ2v) is 6.49. The van der Waals surface area contributed by atoms with Crippen molar-refractivity contribution < 1.29 is 9.13 Å². The van der Waals surface area contributed by atoms with Gasteiger partial charge in [0.2, 0.25) is 0 Å². The predicted octanol–water partition coefficient (Wildman–Crippen LogP) is 2.69. The molecule has 0 aromatic heterocycles. The molecule has 1 aromatic rings. The molecule has 3 rings (SSSR count). The molecule has 1 N–H and O–H groups in total. The number of nitrogens with zero attached hydrogens (tertiary/aromatic N) is 1. The first kappa shape index (κ1) is 13.8. The highest BCUT2D eigenvalue weighted by atomic mass is 19.1.